The SMILES string of the molecule is CCc1ccc(CCC2=CCC(C)CC2)c(F)c1F. The van der Waals surface area contributed by atoms with Crippen molar-refractivity contribution in [3.8, 4) is 0 Å². The van der Waals surface area contributed by atoms with Crippen LogP contribution in [-0.4, -0.2) is 0 Å². The Hall–Kier alpha value is -1.18. The molecule has 0 radical (unpaired) electrons. The Bertz CT molecular complexity index is 474. The average molecular weight is 264 g/mol. The number of rotatable bonds is 4. The van der Waals surface area contributed by atoms with Crippen LogP contribution >= 0.6 is 0 Å². The van der Waals surface area contributed by atoms with Gasteiger partial charge in [0.2, 0.25) is 0 Å². The van der Waals surface area contributed by atoms with E-state index >= 15 is 0 Å². The standard InChI is InChI=1S/C17H22F2/c1-3-14-10-11-15(17(19)16(14)18)9-8-13-6-4-12(2)5-7-13/h6,10-12H,3-5,7-9H2,1-2H3. The van der Waals surface area contributed by atoms with E-state index < -0.39 is 11.6 Å². The molecule has 0 aromatic heterocycles. The fourth-order valence-corrected chi connectivity index (χ4v) is 2.64. The molecule has 1 aliphatic rings. The minimum atomic E-state index is -0.661. The molecule has 0 aliphatic heterocycles. The Morgan fingerprint density at radius 1 is 1.11 bits per heavy atom. The highest BCUT2D eigenvalue weighted by molar-refractivity contribution is 5.27. The van der Waals surface area contributed by atoms with E-state index in [4.69, 9.17) is 0 Å². The molecule has 0 amide bonds. The molecular formula is C17H22F2. The first-order valence-corrected chi connectivity index (χ1v) is 7.25. The van der Waals surface area contributed by atoms with Crippen LogP contribution in [0, 0.1) is 17.6 Å². The van der Waals surface area contributed by atoms with E-state index in [0.717, 1.165) is 25.2 Å². The monoisotopic (exact) mass is 264 g/mol. The zero-order valence-electron chi connectivity index (χ0n) is 11.8. The fourth-order valence-electron chi connectivity index (χ4n) is 2.64. The fraction of sp³-hybridized carbons (Fsp3) is 0.529. The highest BCUT2D eigenvalue weighted by atomic mass is 19.2. The molecule has 2 rings (SSSR count). The van der Waals surface area contributed by atoms with E-state index in [1.165, 1.54) is 12.0 Å². The second-order valence-corrected chi connectivity index (χ2v) is 5.61. The summed E-state index contributed by atoms with van der Waals surface area (Å²) in [5.41, 5.74) is 2.37. The number of halogens is 2. The van der Waals surface area contributed by atoms with Crippen molar-refractivity contribution in [3.05, 3.63) is 46.5 Å². The van der Waals surface area contributed by atoms with Crippen molar-refractivity contribution < 1.29 is 8.78 Å². The molecule has 0 bridgehead atoms. The second-order valence-electron chi connectivity index (χ2n) is 5.61. The van der Waals surface area contributed by atoms with Crippen molar-refractivity contribution in [1.29, 1.82) is 0 Å². The van der Waals surface area contributed by atoms with Gasteiger partial charge >= 0.3 is 0 Å². The maximum absolute atomic E-state index is 13.9. The second kappa shape index (κ2) is 6.31. The van der Waals surface area contributed by atoms with Crippen LogP contribution in [0.15, 0.2) is 23.8 Å². The number of aryl methyl sites for hydroxylation is 2. The van der Waals surface area contributed by atoms with Gasteiger partial charge in [-0.3, -0.25) is 0 Å². The van der Waals surface area contributed by atoms with E-state index in [1.54, 1.807) is 12.1 Å². The summed E-state index contributed by atoms with van der Waals surface area (Å²) in [6.07, 6.45) is 7.73. The van der Waals surface area contributed by atoms with E-state index in [-0.39, 0.29) is 0 Å². The van der Waals surface area contributed by atoms with Crippen LogP contribution in [0.25, 0.3) is 0 Å². The molecule has 0 N–H and O–H groups in total. The van der Waals surface area contributed by atoms with Crippen LogP contribution in [-0.2, 0) is 12.8 Å². The van der Waals surface area contributed by atoms with Crippen LogP contribution < -0.4 is 0 Å². The van der Waals surface area contributed by atoms with Gasteiger partial charge in [0.1, 0.15) is 0 Å². The lowest BCUT2D eigenvalue weighted by atomic mass is 9.88. The molecule has 1 unspecified atom stereocenters. The summed E-state index contributed by atoms with van der Waals surface area (Å²) in [6.45, 7) is 4.09. The number of hydrogen-bond acceptors (Lipinski definition) is 0. The molecule has 19 heavy (non-hydrogen) atoms. The molecular weight excluding hydrogens is 242 g/mol. The van der Waals surface area contributed by atoms with Gasteiger partial charge in [-0.25, -0.2) is 8.78 Å². The van der Waals surface area contributed by atoms with Crippen molar-refractivity contribution in [2.45, 2.75) is 52.4 Å². The first-order chi connectivity index (χ1) is 9.11. The maximum Gasteiger partial charge on any atom is 0.162 e. The lowest BCUT2D eigenvalue weighted by Gasteiger charge is -2.18. The number of hydrogen-bond donors (Lipinski definition) is 0. The molecule has 0 saturated carbocycles. The van der Waals surface area contributed by atoms with Gasteiger partial charge < -0.3 is 0 Å². The molecule has 1 aliphatic carbocycles. The first kappa shape index (κ1) is 14.2. The molecule has 1 aromatic carbocycles. The van der Waals surface area contributed by atoms with Crippen molar-refractivity contribution in [3.63, 3.8) is 0 Å². The third-order valence-electron chi connectivity index (χ3n) is 4.11. The van der Waals surface area contributed by atoms with Gasteiger partial charge in [-0.05, 0) is 55.6 Å². The molecule has 104 valence electrons. The molecule has 2 heteroatoms. The van der Waals surface area contributed by atoms with E-state index in [2.05, 4.69) is 13.0 Å². The Labute approximate surface area is 114 Å². The molecule has 0 saturated heterocycles. The van der Waals surface area contributed by atoms with Gasteiger partial charge in [-0.15, -0.1) is 0 Å². The predicted molar refractivity (Wildman–Crippen MR) is 75.2 cm³/mol. The van der Waals surface area contributed by atoms with Crippen molar-refractivity contribution in [1.82, 2.24) is 0 Å². The summed E-state index contributed by atoms with van der Waals surface area (Å²) in [5, 5.41) is 0. The maximum atomic E-state index is 13.9. The average Bonchev–Trinajstić information content (AvgIpc) is 2.42. The van der Waals surface area contributed by atoms with Crippen LogP contribution in [0.2, 0.25) is 0 Å². The van der Waals surface area contributed by atoms with Crippen LogP contribution in [0.1, 0.15) is 50.7 Å². The van der Waals surface area contributed by atoms with Crippen molar-refractivity contribution >= 4 is 0 Å². The zero-order valence-corrected chi connectivity index (χ0v) is 11.8. The zero-order chi connectivity index (χ0) is 13.8. The van der Waals surface area contributed by atoms with E-state index in [1.807, 2.05) is 6.92 Å². The van der Waals surface area contributed by atoms with Gasteiger partial charge in [0, 0.05) is 0 Å². The van der Waals surface area contributed by atoms with Crippen molar-refractivity contribution in [2.75, 3.05) is 0 Å². The Balaban J connectivity index is 2.02. The van der Waals surface area contributed by atoms with Crippen LogP contribution in [0.5, 0.6) is 0 Å². The molecule has 0 spiro atoms. The molecule has 1 atom stereocenters. The topological polar surface area (TPSA) is 0 Å². The van der Waals surface area contributed by atoms with E-state index in [9.17, 15) is 8.78 Å². The lowest BCUT2D eigenvalue weighted by molar-refractivity contribution is 0.486. The highest BCUT2D eigenvalue weighted by Crippen LogP contribution is 2.27. The quantitative estimate of drug-likeness (QED) is 0.655. The molecule has 0 nitrogen and oxygen atoms in total. The molecule has 0 fully saturated rings. The normalized spacial score (nSPS) is 19.4. The first-order valence-electron chi connectivity index (χ1n) is 7.25. The Morgan fingerprint density at radius 2 is 1.79 bits per heavy atom. The molecule has 0 heterocycles. The van der Waals surface area contributed by atoms with Gasteiger partial charge in [-0.1, -0.05) is 37.6 Å². The highest BCUT2D eigenvalue weighted by Gasteiger charge is 2.14. The molecule has 1 aromatic rings. The summed E-state index contributed by atoms with van der Waals surface area (Å²) in [6, 6.07) is 3.45. The predicted octanol–water partition coefficient (Wildman–Crippen LogP) is 5.21. The number of allylic oxidation sites excluding steroid dienone is 2. The minimum absolute atomic E-state index is 0.465. The summed E-state index contributed by atoms with van der Waals surface area (Å²) in [5.74, 6) is -0.544. The van der Waals surface area contributed by atoms with Gasteiger partial charge in [0.05, 0.1) is 0 Å². The third-order valence-corrected chi connectivity index (χ3v) is 4.11. The lowest BCUT2D eigenvalue weighted by Crippen LogP contribution is -2.04. The summed E-state index contributed by atoms with van der Waals surface area (Å²) in [4.78, 5) is 0. The third kappa shape index (κ3) is 3.43. The largest absolute Gasteiger partial charge is 0.203 e. The van der Waals surface area contributed by atoms with E-state index in [0.29, 0.717) is 24.0 Å². The minimum Gasteiger partial charge on any atom is -0.203 e. The summed E-state index contributed by atoms with van der Waals surface area (Å²) < 4.78 is 27.6. The van der Waals surface area contributed by atoms with Gasteiger partial charge in [0.15, 0.2) is 11.6 Å². The van der Waals surface area contributed by atoms with Gasteiger partial charge in [-0.2, -0.15) is 0 Å². The smallest absolute Gasteiger partial charge is 0.162 e. The Morgan fingerprint density at radius 3 is 2.42 bits per heavy atom. The summed E-state index contributed by atoms with van der Waals surface area (Å²) in [7, 11) is 0. The van der Waals surface area contributed by atoms with Gasteiger partial charge in [0.25, 0.3) is 0 Å². The van der Waals surface area contributed by atoms with Crippen LogP contribution in [0.4, 0.5) is 8.78 Å². The Kier molecular flexibility index (Phi) is 4.73. The van der Waals surface area contributed by atoms with Crippen molar-refractivity contribution in [2.24, 2.45) is 5.92 Å². The number of benzene rings is 1. The van der Waals surface area contributed by atoms with Crippen LogP contribution in [0.3, 0.4) is 0 Å². The summed E-state index contributed by atoms with van der Waals surface area (Å²) >= 11 is 0.